The monoisotopic (exact) mass is 161 g/mol. The van der Waals surface area contributed by atoms with Crippen molar-refractivity contribution in [2.45, 2.75) is 26.7 Å². The molecule has 1 rings (SSSR count). The third-order valence-electron chi connectivity index (χ3n) is 1.89. The van der Waals surface area contributed by atoms with E-state index in [0.29, 0.717) is 0 Å². The Balaban J connectivity index is 3.00. The molecule has 0 saturated heterocycles. The second-order valence-corrected chi connectivity index (χ2v) is 3.06. The lowest BCUT2D eigenvalue weighted by Gasteiger charge is -2.06. The molecule has 1 nitrogen and oxygen atoms in total. The molecule has 1 aromatic rings. The van der Waals surface area contributed by atoms with Crippen LogP contribution in [0.15, 0.2) is 25.0 Å². The minimum atomic E-state index is 1.10. The number of hydrogen-bond acceptors (Lipinski definition) is 1. The number of pyridine rings is 1. The van der Waals surface area contributed by atoms with Gasteiger partial charge in [-0.05, 0) is 36.1 Å². The van der Waals surface area contributed by atoms with Crippen molar-refractivity contribution in [1.82, 2.24) is 4.98 Å². The van der Waals surface area contributed by atoms with E-state index in [4.69, 9.17) is 0 Å². The fourth-order valence-electron chi connectivity index (χ4n) is 1.29. The molecular weight excluding hydrogens is 146 g/mol. The first-order valence-corrected chi connectivity index (χ1v) is 4.34. The molecule has 0 saturated carbocycles. The van der Waals surface area contributed by atoms with Crippen molar-refractivity contribution in [3.05, 3.63) is 36.2 Å². The summed E-state index contributed by atoms with van der Waals surface area (Å²) in [5.74, 6) is 0. The van der Waals surface area contributed by atoms with Gasteiger partial charge in [0.05, 0.1) is 0 Å². The average molecular weight is 161 g/mol. The molecule has 0 atom stereocenters. The van der Waals surface area contributed by atoms with Gasteiger partial charge in [-0.1, -0.05) is 19.9 Å². The Morgan fingerprint density at radius 2 is 2.33 bits per heavy atom. The highest BCUT2D eigenvalue weighted by Gasteiger charge is 2.00. The van der Waals surface area contributed by atoms with Gasteiger partial charge in [-0.2, -0.15) is 0 Å². The SMILES string of the molecule is C=C(C)c1cnccc1CCC. The summed E-state index contributed by atoms with van der Waals surface area (Å²) in [4.78, 5) is 4.09. The van der Waals surface area contributed by atoms with E-state index in [1.54, 1.807) is 0 Å². The number of rotatable bonds is 3. The van der Waals surface area contributed by atoms with E-state index >= 15 is 0 Å². The molecule has 0 bridgehead atoms. The maximum absolute atomic E-state index is 4.09. The zero-order valence-electron chi connectivity index (χ0n) is 7.80. The van der Waals surface area contributed by atoms with Gasteiger partial charge in [-0.3, -0.25) is 4.98 Å². The molecule has 0 aromatic carbocycles. The van der Waals surface area contributed by atoms with Gasteiger partial charge in [-0.25, -0.2) is 0 Å². The Kier molecular flexibility index (Phi) is 3.03. The molecule has 12 heavy (non-hydrogen) atoms. The number of aromatic nitrogens is 1. The van der Waals surface area contributed by atoms with Gasteiger partial charge in [0.1, 0.15) is 0 Å². The normalized spacial score (nSPS) is 9.83. The van der Waals surface area contributed by atoms with Crippen LogP contribution in [0.5, 0.6) is 0 Å². The molecule has 0 amide bonds. The van der Waals surface area contributed by atoms with Gasteiger partial charge in [0.2, 0.25) is 0 Å². The molecule has 0 aliphatic heterocycles. The summed E-state index contributed by atoms with van der Waals surface area (Å²) in [5, 5.41) is 0. The summed E-state index contributed by atoms with van der Waals surface area (Å²) < 4.78 is 0. The Labute approximate surface area is 74.2 Å². The van der Waals surface area contributed by atoms with Gasteiger partial charge in [0.15, 0.2) is 0 Å². The minimum Gasteiger partial charge on any atom is -0.264 e. The molecule has 1 aromatic heterocycles. The highest BCUT2D eigenvalue weighted by molar-refractivity contribution is 5.63. The number of nitrogens with zero attached hydrogens (tertiary/aromatic N) is 1. The van der Waals surface area contributed by atoms with Gasteiger partial charge in [-0.15, -0.1) is 0 Å². The smallest absolute Gasteiger partial charge is 0.0345 e. The van der Waals surface area contributed by atoms with Crippen LogP contribution in [-0.4, -0.2) is 4.98 Å². The molecule has 64 valence electrons. The van der Waals surface area contributed by atoms with Gasteiger partial charge in [0.25, 0.3) is 0 Å². The van der Waals surface area contributed by atoms with E-state index in [0.717, 1.165) is 12.0 Å². The summed E-state index contributed by atoms with van der Waals surface area (Å²) in [6.07, 6.45) is 6.03. The summed E-state index contributed by atoms with van der Waals surface area (Å²) in [6.45, 7) is 8.14. The first kappa shape index (κ1) is 8.98. The fraction of sp³-hybridized carbons (Fsp3) is 0.364. The molecule has 0 aliphatic rings. The molecule has 0 aliphatic carbocycles. The van der Waals surface area contributed by atoms with Crippen LogP contribution < -0.4 is 0 Å². The van der Waals surface area contributed by atoms with Gasteiger partial charge in [0, 0.05) is 12.4 Å². The lowest BCUT2D eigenvalue weighted by atomic mass is 10.0. The summed E-state index contributed by atoms with van der Waals surface area (Å²) in [5.41, 5.74) is 3.67. The van der Waals surface area contributed by atoms with E-state index < -0.39 is 0 Å². The minimum absolute atomic E-state index is 1.10. The maximum Gasteiger partial charge on any atom is 0.0345 e. The molecule has 0 fully saturated rings. The topological polar surface area (TPSA) is 12.9 Å². The number of aryl methyl sites for hydroxylation is 1. The molecule has 0 spiro atoms. The van der Waals surface area contributed by atoms with Crippen LogP contribution in [0.1, 0.15) is 31.4 Å². The fourth-order valence-corrected chi connectivity index (χ4v) is 1.29. The second kappa shape index (κ2) is 4.05. The van der Waals surface area contributed by atoms with Crippen LogP contribution in [0.2, 0.25) is 0 Å². The molecular formula is C11H15N. The largest absolute Gasteiger partial charge is 0.264 e. The summed E-state index contributed by atoms with van der Waals surface area (Å²) in [6, 6.07) is 2.08. The van der Waals surface area contributed by atoms with Gasteiger partial charge < -0.3 is 0 Å². The third kappa shape index (κ3) is 1.94. The van der Waals surface area contributed by atoms with E-state index in [1.807, 2.05) is 19.3 Å². The Morgan fingerprint density at radius 3 is 2.92 bits per heavy atom. The molecule has 0 N–H and O–H groups in total. The molecule has 1 heteroatoms. The first-order valence-electron chi connectivity index (χ1n) is 4.34. The van der Waals surface area contributed by atoms with E-state index in [-0.39, 0.29) is 0 Å². The van der Waals surface area contributed by atoms with Crippen LogP contribution >= 0.6 is 0 Å². The van der Waals surface area contributed by atoms with Crippen LogP contribution in [0, 0.1) is 0 Å². The second-order valence-electron chi connectivity index (χ2n) is 3.06. The summed E-state index contributed by atoms with van der Waals surface area (Å²) >= 11 is 0. The zero-order valence-corrected chi connectivity index (χ0v) is 7.80. The van der Waals surface area contributed by atoms with Crippen molar-refractivity contribution in [1.29, 1.82) is 0 Å². The Morgan fingerprint density at radius 1 is 1.58 bits per heavy atom. The predicted molar refractivity (Wildman–Crippen MR) is 52.9 cm³/mol. The highest BCUT2D eigenvalue weighted by Crippen LogP contribution is 2.16. The Hall–Kier alpha value is -1.11. The third-order valence-corrected chi connectivity index (χ3v) is 1.89. The number of allylic oxidation sites excluding steroid dienone is 1. The maximum atomic E-state index is 4.09. The van der Waals surface area contributed by atoms with E-state index in [9.17, 15) is 0 Å². The van der Waals surface area contributed by atoms with Crippen molar-refractivity contribution >= 4 is 5.57 Å². The van der Waals surface area contributed by atoms with Crippen LogP contribution in [0.25, 0.3) is 5.57 Å². The van der Waals surface area contributed by atoms with Crippen molar-refractivity contribution in [3.63, 3.8) is 0 Å². The molecule has 0 radical (unpaired) electrons. The van der Waals surface area contributed by atoms with E-state index in [1.165, 1.54) is 17.5 Å². The summed E-state index contributed by atoms with van der Waals surface area (Å²) in [7, 11) is 0. The quantitative estimate of drug-likeness (QED) is 0.664. The first-order chi connectivity index (χ1) is 5.75. The van der Waals surface area contributed by atoms with Crippen LogP contribution in [0.4, 0.5) is 0 Å². The van der Waals surface area contributed by atoms with Crippen LogP contribution in [0.3, 0.4) is 0 Å². The lowest BCUT2D eigenvalue weighted by Crippen LogP contribution is -1.91. The predicted octanol–water partition coefficient (Wildman–Crippen LogP) is 3.07. The highest BCUT2D eigenvalue weighted by atomic mass is 14.6. The van der Waals surface area contributed by atoms with Crippen molar-refractivity contribution < 1.29 is 0 Å². The Bertz CT molecular complexity index is 276. The van der Waals surface area contributed by atoms with Crippen molar-refractivity contribution in [2.75, 3.05) is 0 Å². The van der Waals surface area contributed by atoms with Crippen LogP contribution in [-0.2, 0) is 6.42 Å². The average Bonchev–Trinajstić information content (AvgIpc) is 2.05. The lowest BCUT2D eigenvalue weighted by molar-refractivity contribution is 0.914. The molecule has 0 unspecified atom stereocenters. The van der Waals surface area contributed by atoms with Crippen molar-refractivity contribution in [2.24, 2.45) is 0 Å². The zero-order chi connectivity index (χ0) is 8.97. The number of hydrogen-bond donors (Lipinski definition) is 0. The van der Waals surface area contributed by atoms with Gasteiger partial charge >= 0.3 is 0 Å². The molecule has 1 heterocycles. The standard InChI is InChI=1S/C11H15N/c1-4-5-10-6-7-12-8-11(10)9(2)3/h6-8H,2,4-5H2,1,3H3. The van der Waals surface area contributed by atoms with E-state index in [2.05, 4.69) is 24.6 Å². The van der Waals surface area contributed by atoms with Crippen molar-refractivity contribution in [3.8, 4) is 0 Å².